The van der Waals surface area contributed by atoms with E-state index < -0.39 is 0 Å². The number of rotatable bonds is 4. The number of hydrogen-bond donors (Lipinski definition) is 2. The van der Waals surface area contributed by atoms with Crippen LogP contribution in [0.1, 0.15) is 97.0 Å². The molecule has 5 unspecified atom stereocenters. The first-order chi connectivity index (χ1) is 14.3. The third-order valence-corrected chi connectivity index (χ3v) is 8.40. The van der Waals surface area contributed by atoms with Crippen LogP contribution in [-0.4, -0.2) is 11.9 Å². The average Bonchev–Trinajstić information content (AvgIpc) is 2.72. The summed E-state index contributed by atoms with van der Waals surface area (Å²) < 4.78 is 0. The molecular weight excluding hydrogens is 368 g/mol. The number of nitrogens with two attached hydrogens (primary N) is 2. The number of carbonyl (C=O) groups is 1. The molecule has 2 bridgehead atoms. The summed E-state index contributed by atoms with van der Waals surface area (Å²) in [4.78, 5) is 12.2. The van der Waals surface area contributed by atoms with E-state index in [1.54, 1.807) is 0 Å². The second kappa shape index (κ2) is 9.85. The third-order valence-electron chi connectivity index (χ3n) is 8.40. The van der Waals surface area contributed by atoms with Crippen molar-refractivity contribution in [2.24, 2.45) is 34.6 Å². The minimum Gasteiger partial charge on any atom is -0.369 e. The van der Waals surface area contributed by atoms with Gasteiger partial charge in [0.15, 0.2) is 0 Å². The van der Waals surface area contributed by atoms with Gasteiger partial charge in [-0.15, -0.1) is 0 Å². The molecule has 3 aliphatic carbocycles. The fourth-order valence-corrected chi connectivity index (χ4v) is 7.04. The Kier molecular flexibility index (Phi) is 7.66. The van der Waals surface area contributed by atoms with E-state index in [1.807, 2.05) is 0 Å². The first-order valence-electron chi connectivity index (χ1n) is 12.4. The molecule has 3 saturated carbocycles. The van der Waals surface area contributed by atoms with E-state index in [1.165, 1.54) is 63.4 Å². The Bertz CT molecular complexity index is 679. The van der Waals surface area contributed by atoms with E-state index in [2.05, 4.69) is 51.1 Å². The first kappa shape index (κ1) is 23.3. The Morgan fingerprint density at radius 3 is 2.27 bits per heavy atom. The van der Waals surface area contributed by atoms with Crippen molar-refractivity contribution in [2.75, 3.05) is 0 Å². The molecule has 3 aliphatic rings. The van der Waals surface area contributed by atoms with E-state index >= 15 is 0 Å². The molecule has 0 spiro atoms. The molecule has 5 atom stereocenters. The zero-order valence-corrected chi connectivity index (χ0v) is 19.5. The maximum atomic E-state index is 12.2. The summed E-state index contributed by atoms with van der Waals surface area (Å²) in [6.07, 6.45) is 13.5. The van der Waals surface area contributed by atoms with Crippen LogP contribution >= 0.6 is 0 Å². The lowest BCUT2D eigenvalue weighted by Crippen LogP contribution is -2.53. The van der Waals surface area contributed by atoms with Gasteiger partial charge in [-0.05, 0) is 67.3 Å². The molecule has 0 radical (unpaired) electrons. The molecule has 3 heteroatoms. The van der Waals surface area contributed by atoms with Crippen LogP contribution in [0.3, 0.4) is 0 Å². The van der Waals surface area contributed by atoms with Gasteiger partial charge in [0, 0.05) is 11.5 Å². The Labute approximate surface area is 184 Å². The predicted molar refractivity (Wildman–Crippen MR) is 126 cm³/mol. The molecule has 4 N–H and O–H groups in total. The molecule has 0 heterocycles. The highest BCUT2D eigenvalue weighted by atomic mass is 16.1. The summed E-state index contributed by atoms with van der Waals surface area (Å²) in [5, 5.41) is 0. The summed E-state index contributed by atoms with van der Waals surface area (Å²) in [6, 6.07) is 11.4. The Morgan fingerprint density at radius 1 is 1.07 bits per heavy atom. The monoisotopic (exact) mass is 412 g/mol. The van der Waals surface area contributed by atoms with Crippen molar-refractivity contribution in [3.63, 3.8) is 0 Å². The van der Waals surface area contributed by atoms with E-state index in [9.17, 15) is 4.79 Å². The standard InChI is InChI=1S/C21H31NO.C6H13N/c1-4-8-18-15(2)11-21(17-9-6-5-7-10-17)13-16(18)12-20(3,14-21)19(22)23;7-6-4-2-1-3-5-6/h5-7,9-10,15-16,18H,4,8,11-14H2,1-3H3,(H2,22,23);6H,1-5,7H2. The minimum absolute atomic E-state index is 0.104. The quantitative estimate of drug-likeness (QED) is 0.641. The minimum atomic E-state index is -0.356. The predicted octanol–water partition coefficient (Wildman–Crippen LogP) is 5.95. The van der Waals surface area contributed by atoms with Crippen molar-refractivity contribution in [3.05, 3.63) is 35.9 Å². The molecule has 3 fully saturated rings. The normalized spacial score (nSPS) is 36.5. The number of fused-ring (bicyclic) bond motifs is 2. The number of carbonyl (C=O) groups excluding carboxylic acids is 1. The highest BCUT2D eigenvalue weighted by Gasteiger charge is 2.55. The summed E-state index contributed by atoms with van der Waals surface area (Å²) in [5.41, 5.74) is 12.7. The van der Waals surface area contributed by atoms with Crippen molar-refractivity contribution in [3.8, 4) is 0 Å². The Morgan fingerprint density at radius 2 is 1.73 bits per heavy atom. The van der Waals surface area contributed by atoms with Gasteiger partial charge in [0.1, 0.15) is 0 Å². The maximum absolute atomic E-state index is 12.2. The number of primary amides is 1. The maximum Gasteiger partial charge on any atom is 0.223 e. The van der Waals surface area contributed by atoms with Crippen LogP contribution in [0.5, 0.6) is 0 Å². The molecule has 3 nitrogen and oxygen atoms in total. The number of hydrogen-bond acceptors (Lipinski definition) is 2. The lowest BCUT2D eigenvalue weighted by Gasteiger charge is -2.57. The summed E-state index contributed by atoms with van der Waals surface area (Å²) in [5.74, 6) is 2.00. The summed E-state index contributed by atoms with van der Waals surface area (Å²) in [7, 11) is 0. The van der Waals surface area contributed by atoms with Gasteiger partial charge in [0.2, 0.25) is 5.91 Å². The van der Waals surface area contributed by atoms with Crippen LogP contribution in [0.4, 0.5) is 0 Å². The fourth-order valence-electron chi connectivity index (χ4n) is 7.04. The van der Waals surface area contributed by atoms with Crippen LogP contribution in [-0.2, 0) is 10.2 Å². The van der Waals surface area contributed by atoms with Crippen molar-refractivity contribution >= 4 is 5.91 Å². The van der Waals surface area contributed by atoms with Crippen LogP contribution in [0, 0.1) is 23.2 Å². The lowest BCUT2D eigenvalue weighted by atomic mass is 9.47. The largest absolute Gasteiger partial charge is 0.369 e. The van der Waals surface area contributed by atoms with Gasteiger partial charge in [-0.25, -0.2) is 0 Å². The summed E-state index contributed by atoms with van der Waals surface area (Å²) in [6.45, 7) is 6.82. The van der Waals surface area contributed by atoms with Gasteiger partial charge in [0.05, 0.1) is 0 Å². The van der Waals surface area contributed by atoms with Crippen LogP contribution in [0.25, 0.3) is 0 Å². The van der Waals surface area contributed by atoms with Crippen molar-refractivity contribution in [1.82, 2.24) is 0 Å². The fraction of sp³-hybridized carbons (Fsp3) is 0.741. The van der Waals surface area contributed by atoms with E-state index in [4.69, 9.17) is 11.5 Å². The molecule has 1 aromatic rings. The van der Waals surface area contributed by atoms with Crippen molar-refractivity contribution in [1.29, 1.82) is 0 Å². The smallest absolute Gasteiger partial charge is 0.223 e. The zero-order valence-electron chi connectivity index (χ0n) is 19.5. The SMILES string of the molecule is CCCC1C(C)CC2(c3ccccc3)CC1CC(C)(C(N)=O)C2.NC1CCCCC1. The molecule has 0 aliphatic heterocycles. The first-order valence-corrected chi connectivity index (χ1v) is 12.4. The van der Waals surface area contributed by atoms with Gasteiger partial charge in [0.25, 0.3) is 0 Å². The summed E-state index contributed by atoms with van der Waals surface area (Å²) >= 11 is 0. The molecule has 1 aromatic carbocycles. The second-order valence-corrected chi connectivity index (χ2v) is 10.9. The van der Waals surface area contributed by atoms with Gasteiger partial charge in [-0.1, -0.05) is 83.2 Å². The molecule has 4 rings (SSSR count). The number of benzene rings is 1. The average molecular weight is 413 g/mol. The lowest BCUT2D eigenvalue weighted by molar-refractivity contribution is -0.134. The van der Waals surface area contributed by atoms with Gasteiger partial charge in [-0.2, -0.15) is 0 Å². The number of amides is 1. The molecule has 0 aromatic heterocycles. The Hall–Kier alpha value is -1.35. The highest BCUT2D eigenvalue weighted by molar-refractivity contribution is 5.80. The zero-order chi connectivity index (χ0) is 21.8. The van der Waals surface area contributed by atoms with Gasteiger partial charge < -0.3 is 11.5 Å². The molecule has 168 valence electrons. The Balaban J connectivity index is 0.000000310. The topological polar surface area (TPSA) is 69.1 Å². The van der Waals surface area contributed by atoms with Crippen LogP contribution in [0.15, 0.2) is 30.3 Å². The van der Waals surface area contributed by atoms with E-state index in [0.29, 0.717) is 12.0 Å². The molecule has 30 heavy (non-hydrogen) atoms. The van der Waals surface area contributed by atoms with Crippen molar-refractivity contribution < 1.29 is 4.79 Å². The van der Waals surface area contributed by atoms with Gasteiger partial charge in [-0.3, -0.25) is 4.79 Å². The van der Waals surface area contributed by atoms with Gasteiger partial charge >= 0.3 is 0 Å². The van der Waals surface area contributed by atoms with E-state index in [-0.39, 0.29) is 16.7 Å². The van der Waals surface area contributed by atoms with E-state index in [0.717, 1.165) is 24.7 Å². The molecule has 0 saturated heterocycles. The second-order valence-electron chi connectivity index (χ2n) is 10.9. The van der Waals surface area contributed by atoms with Crippen LogP contribution < -0.4 is 11.5 Å². The molecular formula is C27H44N2O. The highest BCUT2D eigenvalue weighted by Crippen LogP contribution is 2.60. The third kappa shape index (κ3) is 5.10. The molecule has 1 amide bonds. The van der Waals surface area contributed by atoms with Crippen LogP contribution in [0.2, 0.25) is 0 Å². The van der Waals surface area contributed by atoms with Crippen molar-refractivity contribution in [2.45, 2.75) is 103 Å².